The van der Waals surface area contributed by atoms with E-state index in [4.69, 9.17) is 6.42 Å². The van der Waals surface area contributed by atoms with Gasteiger partial charge < -0.3 is 4.90 Å². The van der Waals surface area contributed by atoms with Crippen LogP contribution < -0.4 is 0 Å². The van der Waals surface area contributed by atoms with Crippen LogP contribution in [0.5, 0.6) is 0 Å². The number of carbonyl (C=O) groups is 1. The van der Waals surface area contributed by atoms with E-state index in [-0.39, 0.29) is 6.04 Å². The van der Waals surface area contributed by atoms with Crippen LogP contribution in [0.2, 0.25) is 0 Å². The largest absolute Gasteiger partial charge is 0.340 e. The third-order valence-corrected chi connectivity index (χ3v) is 3.34. The first-order chi connectivity index (χ1) is 7.22. The quantitative estimate of drug-likeness (QED) is 0.616. The number of rotatable bonds is 2. The average molecular weight is 206 g/mol. The predicted molar refractivity (Wildman–Crippen MR) is 59.2 cm³/mol. The van der Waals surface area contributed by atoms with E-state index in [1.54, 1.807) is 0 Å². The van der Waals surface area contributed by atoms with E-state index in [0.717, 1.165) is 39.0 Å². The lowest BCUT2D eigenvalue weighted by Gasteiger charge is -2.36. The molecular weight excluding hydrogens is 188 g/mol. The Balaban J connectivity index is 1.81. The topological polar surface area (TPSA) is 23.6 Å². The summed E-state index contributed by atoms with van der Waals surface area (Å²) < 4.78 is 0. The van der Waals surface area contributed by atoms with Gasteiger partial charge in [0.05, 0.1) is 6.04 Å². The van der Waals surface area contributed by atoms with Crippen molar-refractivity contribution >= 4 is 5.91 Å². The molecule has 0 aromatic heterocycles. The van der Waals surface area contributed by atoms with Crippen LogP contribution in [0.25, 0.3) is 0 Å². The van der Waals surface area contributed by atoms with Crippen molar-refractivity contribution in [2.24, 2.45) is 5.92 Å². The Labute approximate surface area is 91.4 Å². The van der Waals surface area contributed by atoms with Gasteiger partial charge in [-0.05, 0) is 19.8 Å². The third kappa shape index (κ3) is 2.32. The first-order valence-corrected chi connectivity index (χ1v) is 5.71. The van der Waals surface area contributed by atoms with Crippen molar-refractivity contribution in [2.45, 2.75) is 25.8 Å². The summed E-state index contributed by atoms with van der Waals surface area (Å²) in [7, 11) is 0. The SMILES string of the molecule is C#CC(C)N1CCN(C(=O)C2CC2)CC1. The zero-order chi connectivity index (χ0) is 10.8. The highest BCUT2D eigenvalue weighted by Gasteiger charge is 2.34. The molecule has 1 saturated heterocycles. The molecule has 0 aromatic rings. The molecule has 15 heavy (non-hydrogen) atoms. The van der Waals surface area contributed by atoms with E-state index in [0.29, 0.717) is 11.8 Å². The minimum Gasteiger partial charge on any atom is -0.340 e. The summed E-state index contributed by atoms with van der Waals surface area (Å²) in [5.74, 6) is 3.45. The van der Waals surface area contributed by atoms with Gasteiger partial charge in [-0.15, -0.1) is 6.42 Å². The second-order valence-corrected chi connectivity index (χ2v) is 4.48. The zero-order valence-corrected chi connectivity index (χ0v) is 9.28. The lowest BCUT2D eigenvalue weighted by Crippen LogP contribution is -2.51. The van der Waals surface area contributed by atoms with E-state index in [2.05, 4.69) is 10.8 Å². The summed E-state index contributed by atoms with van der Waals surface area (Å²) >= 11 is 0. The predicted octanol–water partition coefficient (Wildman–Crippen LogP) is 0.562. The number of amides is 1. The van der Waals surface area contributed by atoms with Crippen molar-refractivity contribution in [1.82, 2.24) is 9.80 Å². The van der Waals surface area contributed by atoms with Gasteiger partial charge in [0, 0.05) is 32.1 Å². The summed E-state index contributed by atoms with van der Waals surface area (Å²) in [5.41, 5.74) is 0. The Bertz CT molecular complexity index is 282. The van der Waals surface area contributed by atoms with Gasteiger partial charge in [0.2, 0.25) is 5.91 Å². The number of hydrogen-bond acceptors (Lipinski definition) is 2. The van der Waals surface area contributed by atoms with Crippen LogP contribution in [0.4, 0.5) is 0 Å². The molecule has 0 aromatic carbocycles. The van der Waals surface area contributed by atoms with Gasteiger partial charge >= 0.3 is 0 Å². The number of nitrogens with zero attached hydrogens (tertiary/aromatic N) is 2. The van der Waals surface area contributed by atoms with Crippen LogP contribution in [0.3, 0.4) is 0 Å². The lowest BCUT2D eigenvalue weighted by molar-refractivity contribution is -0.134. The molecule has 3 nitrogen and oxygen atoms in total. The Morgan fingerprint density at radius 2 is 1.93 bits per heavy atom. The smallest absolute Gasteiger partial charge is 0.225 e. The molecule has 0 N–H and O–H groups in total. The van der Waals surface area contributed by atoms with Gasteiger partial charge in [-0.3, -0.25) is 9.69 Å². The van der Waals surface area contributed by atoms with Crippen LogP contribution >= 0.6 is 0 Å². The molecular formula is C12H18N2O. The van der Waals surface area contributed by atoms with Crippen molar-refractivity contribution < 1.29 is 4.79 Å². The fourth-order valence-corrected chi connectivity index (χ4v) is 2.02. The molecule has 2 fully saturated rings. The maximum Gasteiger partial charge on any atom is 0.225 e. The maximum atomic E-state index is 11.8. The molecule has 1 saturated carbocycles. The molecule has 1 heterocycles. The molecule has 0 radical (unpaired) electrons. The highest BCUT2D eigenvalue weighted by Crippen LogP contribution is 2.31. The van der Waals surface area contributed by atoms with Gasteiger partial charge in [-0.2, -0.15) is 0 Å². The Kier molecular flexibility index (Phi) is 2.97. The molecule has 2 rings (SSSR count). The van der Waals surface area contributed by atoms with Gasteiger partial charge in [-0.25, -0.2) is 0 Å². The Hall–Kier alpha value is -1.01. The molecule has 0 spiro atoms. The van der Waals surface area contributed by atoms with E-state index < -0.39 is 0 Å². The minimum absolute atomic E-state index is 0.197. The van der Waals surface area contributed by atoms with Gasteiger partial charge in [0.15, 0.2) is 0 Å². The number of hydrogen-bond donors (Lipinski definition) is 0. The lowest BCUT2D eigenvalue weighted by atomic mass is 10.2. The standard InChI is InChI=1S/C12H18N2O/c1-3-10(2)13-6-8-14(9-7-13)12(15)11-4-5-11/h1,10-11H,4-9H2,2H3. The first kappa shape index (κ1) is 10.5. The fraction of sp³-hybridized carbons (Fsp3) is 0.750. The van der Waals surface area contributed by atoms with Crippen molar-refractivity contribution in [3.05, 3.63) is 0 Å². The number of piperazine rings is 1. The molecule has 3 heteroatoms. The van der Waals surface area contributed by atoms with Crippen LogP contribution in [-0.4, -0.2) is 47.9 Å². The molecule has 1 unspecified atom stereocenters. The fourth-order valence-electron chi connectivity index (χ4n) is 2.02. The molecule has 0 bridgehead atoms. The zero-order valence-electron chi connectivity index (χ0n) is 9.28. The molecule has 1 amide bonds. The molecule has 1 aliphatic heterocycles. The van der Waals surface area contributed by atoms with Crippen molar-refractivity contribution in [1.29, 1.82) is 0 Å². The van der Waals surface area contributed by atoms with Gasteiger partial charge in [-0.1, -0.05) is 5.92 Å². The number of carbonyl (C=O) groups excluding carboxylic acids is 1. The first-order valence-electron chi connectivity index (χ1n) is 5.71. The summed E-state index contributed by atoms with van der Waals surface area (Å²) in [5, 5.41) is 0. The van der Waals surface area contributed by atoms with Crippen molar-refractivity contribution in [2.75, 3.05) is 26.2 Å². The van der Waals surface area contributed by atoms with Gasteiger partial charge in [0.1, 0.15) is 0 Å². The van der Waals surface area contributed by atoms with Gasteiger partial charge in [0.25, 0.3) is 0 Å². The van der Waals surface area contributed by atoms with E-state index in [1.165, 1.54) is 0 Å². The van der Waals surface area contributed by atoms with Crippen molar-refractivity contribution in [3.63, 3.8) is 0 Å². The second kappa shape index (κ2) is 4.24. The number of terminal acetylenes is 1. The normalized spacial score (nSPS) is 24.7. The van der Waals surface area contributed by atoms with Crippen LogP contribution in [0.15, 0.2) is 0 Å². The molecule has 1 aliphatic carbocycles. The average Bonchev–Trinajstić information content (AvgIpc) is 3.11. The second-order valence-electron chi connectivity index (χ2n) is 4.48. The summed E-state index contributed by atoms with van der Waals surface area (Å²) in [6.07, 6.45) is 7.58. The maximum absolute atomic E-state index is 11.8. The Morgan fingerprint density at radius 1 is 1.33 bits per heavy atom. The molecule has 82 valence electrons. The highest BCUT2D eigenvalue weighted by atomic mass is 16.2. The summed E-state index contributed by atoms with van der Waals surface area (Å²) in [4.78, 5) is 16.0. The van der Waals surface area contributed by atoms with Crippen LogP contribution in [0, 0.1) is 18.3 Å². The summed E-state index contributed by atoms with van der Waals surface area (Å²) in [6.45, 7) is 5.58. The van der Waals surface area contributed by atoms with Crippen LogP contribution in [-0.2, 0) is 4.79 Å². The van der Waals surface area contributed by atoms with E-state index >= 15 is 0 Å². The Morgan fingerprint density at radius 3 is 2.40 bits per heavy atom. The van der Waals surface area contributed by atoms with Crippen molar-refractivity contribution in [3.8, 4) is 12.3 Å². The third-order valence-electron chi connectivity index (χ3n) is 3.34. The highest BCUT2D eigenvalue weighted by molar-refractivity contribution is 5.81. The van der Waals surface area contributed by atoms with Crippen LogP contribution in [0.1, 0.15) is 19.8 Å². The van der Waals surface area contributed by atoms with E-state index in [1.807, 2.05) is 11.8 Å². The monoisotopic (exact) mass is 206 g/mol. The molecule has 2 aliphatic rings. The molecule has 1 atom stereocenters. The summed E-state index contributed by atoms with van der Waals surface area (Å²) in [6, 6.07) is 0.197. The minimum atomic E-state index is 0.197. The van der Waals surface area contributed by atoms with E-state index in [9.17, 15) is 4.79 Å².